The molecule has 1 saturated heterocycles. The molecule has 0 aliphatic carbocycles. The van der Waals surface area contributed by atoms with Gasteiger partial charge in [0.25, 0.3) is 0 Å². The highest BCUT2D eigenvalue weighted by Crippen LogP contribution is 2.34. The first-order chi connectivity index (χ1) is 20.5. The second kappa shape index (κ2) is 11.1. The Hall–Kier alpha value is -3.92. The number of imidazole rings is 1. The third kappa shape index (κ3) is 5.02. The minimum absolute atomic E-state index is 0.108. The fraction of sp³-hybridized carbons (Fsp3) is 0.312. The van der Waals surface area contributed by atoms with E-state index in [0.717, 1.165) is 60.3 Å². The van der Waals surface area contributed by atoms with Gasteiger partial charge in [0.15, 0.2) is 0 Å². The Labute approximate surface area is 246 Å². The first-order valence-electron chi connectivity index (χ1n) is 14.1. The number of carbonyl (C=O) groups excluding carboxylic acids is 1. The molecule has 0 spiro atoms. The van der Waals surface area contributed by atoms with E-state index in [-0.39, 0.29) is 24.5 Å². The van der Waals surface area contributed by atoms with E-state index in [0.29, 0.717) is 35.0 Å². The van der Waals surface area contributed by atoms with Crippen molar-refractivity contribution in [3.8, 4) is 5.75 Å². The zero-order valence-electron chi connectivity index (χ0n) is 23.2. The Bertz CT molecular complexity index is 1810. The molecule has 0 saturated carbocycles. The molecule has 5 aromatic rings. The molecule has 10 heteroatoms. The van der Waals surface area contributed by atoms with Crippen LogP contribution in [0.4, 0.5) is 4.39 Å². The molecule has 7 rings (SSSR count). The predicted octanol–water partition coefficient (Wildman–Crippen LogP) is 6.02. The van der Waals surface area contributed by atoms with Crippen molar-refractivity contribution in [2.75, 3.05) is 20.3 Å². The lowest BCUT2D eigenvalue weighted by atomic mass is 10.0. The third-order valence-electron chi connectivity index (χ3n) is 8.24. The number of fused-ring (bicyclic) bond motifs is 4. The fourth-order valence-electron chi connectivity index (χ4n) is 5.89. The summed E-state index contributed by atoms with van der Waals surface area (Å²) in [6, 6.07) is 16.1. The van der Waals surface area contributed by atoms with Crippen molar-refractivity contribution >= 4 is 39.5 Å². The Morgan fingerprint density at radius 1 is 1.21 bits per heavy atom. The van der Waals surface area contributed by atoms with Crippen molar-refractivity contribution in [2.24, 2.45) is 0 Å². The molecule has 1 unspecified atom stereocenters. The molecular weight excluding hydrogens is 559 g/mol. The average molecular weight is 589 g/mol. The molecule has 2 aromatic heterocycles. The van der Waals surface area contributed by atoms with E-state index < -0.39 is 0 Å². The lowest BCUT2D eigenvalue weighted by Crippen LogP contribution is -2.34. The highest BCUT2D eigenvalue weighted by molar-refractivity contribution is 6.30. The molecule has 3 aromatic carbocycles. The lowest BCUT2D eigenvalue weighted by molar-refractivity contribution is -0.0592. The predicted molar refractivity (Wildman–Crippen MR) is 157 cm³/mol. The van der Waals surface area contributed by atoms with E-state index in [1.54, 1.807) is 18.2 Å². The van der Waals surface area contributed by atoms with Crippen LogP contribution in [0.5, 0.6) is 5.75 Å². The van der Waals surface area contributed by atoms with Crippen LogP contribution in [0.25, 0.3) is 21.9 Å². The monoisotopic (exact) mass is 588 g/mol. The summed E-state index contributed by atoms with van der Waals surface area (Å²) in [5, 5.41) is 1.46. The van der Waals surface area contributed by atoms with Crippen molar-refractivity contribution in [1.82, 2.24) is 19.4 Å². The van der Waals surface area contributed by atoms with Gasteiger partial charge in [-0.2, -0.15) is 0 Å². The van der Waals surface area contributed by atoms with E-state index in [1.807, 2.05) is 24.3 Å². The smallest absolute Gasteiger partial charge is 0.337 e. The minimum atomic E-state index is -0.382. The number of benzene rings is 3. The summed E-state index contributed by atoms with van der Waals surface area (Å²) in [6.07, 6.45) is 2.00. The van der Waals surface area contributed by atoms with Crippen LogP contribution in [0.15, 0.2) is 54.6 Å². The van der Waals surface area contributed by atoms with Crippen LogP contribution in [0.1, 0.15) is 39.4 Å². The number of hydrogen-bond donors (Lipinski definition) is 1. The average Bonchev–Trinajstić information content (AvgIpc) is 3.51. The van der Waals surface area contributed by atoms with E-state index in [1.165, 1.54) is 24.4 Å². The number of para-hydroxylation sites is 1. The van der Waals surface area contributed by atoms with Crippen molar-refractivity contribution < 1.29 is 23.4 Å². The number of carbonyl (C=O) groups is 1. The van der Waals surface area contributed by atoms with Gasteiger partial charge in [-0.15, -0.1) is 0 Å². The first kappa shape index (κ1) is 26.9. The lowest BCUT2D eigenvalue weighted by Gasteiger charge is -2.29. The second-order valence-electron chi connectivity index (χ2n) is 10.9. The molecule has 8 nitrogen and oxygen atoms in total. The van der Waals surface area contributed by atoms with Crippen LogP contribution >= 0.6 is 11.6 Å². The molecule has 2 aliphatic heterocycles. The number of halogens is 2. The number of nitrogens with zero attached hydrogens (tertiary/aromatic N) is 3. The molecule has 0 radical (unpaired) electrons. The quantitative estimate of drug-likeness (QED) is 0.223. The van der Waals surface area contributed by atoms with Crippen molar-refractivity contribution in [3.05, 3.63) is 93.6 Å². The maximum Gasteiger partial charge on any atom is 0.337 e. The summed E-state index contributed by atoms with van der Waals surface area (Å²) in [4.78, 5) is 23.2. The standard InChI is InChI=1S/C32H30ClFN4O4/c1-40-32(39)19-6-8-27-28(13-19)38(15-22-10-12-41-22)30(35-27)17-37-11-9-26-24(16-37)23-3-2-4-29(31(23)36-26)42-18-20-5-7-21(33)14-25(20)34/h2-8,13-14,22,36H,9-12,15-18H2,1H3. The highest BCUT2D eigenvalue weighted by atomic mass is 35.5. The van der Waals surface area contributed by atoms with Crippen molar-refractivity contribution in [1.29, 1.82) is 0 Å². The maximum atomic E-state index is 14.3. The number of methoxy groups -OCH3 is 1. The topological polar surface area (TPSA) is 81.6 Å². The zero-order valence-corrected chi connectivity index (χ0v) is 23.9. The van der Waals surface area contributed by atoms with Gasteiger partial charge in [-0.1, -0.05) is 29.8 Å². The normalized spacial score (nSPS) is 16.9. The molecule has 1 atom stereocenters. The zero-order chi connectivity index (χ0) is 28.8. The third-order valence-corrected chi connectivity index (χ3v) is 8.48. The van der Waals surface area contributed by atoms with Crippen molar-refractivity contribution in [3.63, 3.8) is 0 Å². The van der Waals surface area contributed by atoms with Gasteiger partial charge in [-0.3, -0.25) is 4.90 Å². The summed E-state index contributed by atoms with van der Waals surface area (Å²) < 4.78 is 33.3. The van der Waals surface area contributed by atoms with Crippen LogP contribution in [-0.4, -0.2) is 51.8 Å². The Kier molecular flexibility index (Phi) is 7.09. The summed E-state index contributed by atoms with van der Waals surface area (Å²) in [5.41, 5.74) is 6.06. The van der Waals surface area contributed by atoms with Crippen LogP contribution in [0.3, 0.4) is 0 Å². The number of aromatic amines is 1. The van der Waals surface area contributed by atoms with Gasteiger partial charge in [0.2, 0.25) is 0 Å². The van der Waals surface area contributed by atoms with Crippen molar-refractivity contribution in [2.45, 2.75) is 45.2 Å². The number of ether oxygens (including phenoxy) is 3. The summed E-state index contributed by atoms with van der Waals surface area (Å²) in [7, 11) is 1.39. The maximum absolute atomic E-state index is 14.3. The molecule has 1 fully saturated rings. The van der Waals surface area contributed by atoms with Gasteiger partial charge >= 0.3 is 5.97 Å². The van der Waals surface area contributed by atoms with E-state index in [2.05, 4.69) is 20.5 Å². The van der Waals surface area contributed by atoms with Gasteiger partial charge in [-0.25, -0.2) is 14.2 Å². The number of aromatic nitrogens is 3. The van der Waals surface area contributed by atoms with E-state index >= 15 is 0 Å². The highest BCUT2D eigenvalue weighted by Gasteiger charge is 2.26. The molecule has 0 bridgehead atoms. The molecule has 4 heterocycles. The number of hydrogen-bond acceptors (Lipinski definition) is 6. The molecule has 216 valence electrons. The molecule has 1 N–H and O–H groups in total. The number of H-pyrrole nitrogens is 1. The van der Waals surface area contributed by atoms with Gasteiger partial charge < -0.3 is 23.8 Å². The van der Waals surface area contributed by atoms with Crippen LogP contribution < -0.4 is 4.74 Å². The van der Waals surface area contributed by atoms with Gasteiger partial charge in [0.1, 0.15) is 24.0 Å². The molecule has 42 heavy (non-hydrogen) atoms. The van der Waals surface area contributed by atoms with Gasteiger partial charge in [-0.05, 0) is 48.4 Å². The summed E-state index contributed by atoms with van der Waals surface area (Å²) >= 11 is 5.90. The number of esters is 1. The Balaban J connectivity index is 1.15. The van der Waals surface area contributed by atoms with Crippen LogP contribution in [0.2, 0.25) is 5.02 Å². The SMILES string of the molecule is COC(=O)c1ccc2nc(CN3CCc4[nH]c5c(OCc6ccc(Cl)cc6F)cccc5c4C3)n(CC3CCO3)c2c1. The Morgan fingerprint density at radius 2 is 2.10 bits per heavy atom. The second-order valence-corrected chi connectivity index (χ2v) is 11.3. The Morgan fingerprint density at radius 3 is 2.88 bits per heavy atom. The number of rotatable bonds is 8. The van der Waals surface area contributed by atoms with E-state index in [4.69, 9.17) is 30.8 Å². The fourth-order valence-corrected chi connectivity index (χ4v) is 6.05. The summed E-state index contributed by atoms with van der Waals surface area (Å²) in [6.45, 7) is 3.85. The van der Waals surface area contributed by atoms with Gasteiger partial charge in [0.05, 0.1) is 48.4 Å². The minimum Gasteiger partial charge on any atom is -0.487 e. The molecule has 2 aliphatic rings. The van der Waals surface area contributed by atoms with E-state index in [9.17, 15) is 9.18 Å². The van der Waals surface area contributed by atoms with Crippen LogP contribution in [0, 0.1) is 5.82 Å². The van der Waals surface area contributed by atoms with Gasteiger partial charge in [0, 0.05) is 47.8 Å². The molecule has 0 amide bonds. The number of nitrogens with one attached hydrogen (secondary N) is 1. The van der Waals surface area contributed by atoms with Crippen LogP contribution in [-0.2, 0) is 42.1 Å². The molecular formula is C32H30ClFN4O4. The summed E-state index contributed by atoms with van der Waals surface area (Å²) in [5.74, 6) is 0.884. The first-order valence-corrected chi connectivity index (χ1v) is 14.4. The largest absolute Gasteiger partial charge is 0.487 e.